The molecule has 0 aromatic heterocycles. The molecule has 2 rings (SSSR count). The van der Waals surface area contributed by atoms with Gasteiger partial charge < -0.3 is 10.2 Å². The Balaban J connectivity index is 2.12. The van der Waals surface area contributed by atoms with Crippen molar-refractivity contribution in [1.29, 1.82) is 0 Å². The molecule has 0 radical (unpaired) electrons. The fraction of sp³-hybridized carbons (Fsp3) is 0.562. The summed E-state index contributed by atoms with van der Waals surface area (Å²) < 4.78 is 0. The second-order valence-electron chi connectivity index (χ2n) is 6.10. The lowest BCUT2D eigenvalue weighted by Crippen LogP contribution is -2.42. The third-order valence-electron chi connectivity index (χ3n) is 4.15. The quantitative estimate of drug-likeness (QED) is 0.926. The Hall–Kier alpha value is -1.06. The molecule has 20 heavy (non-hydrogen) atoms. The topological polar surface area (TPSA) is 32.3 Å². The molecule has 0 aliphatic carbocycles. The minimum absolute atomic E-state index is 0.193. The molecule has 1 unspecified atom stereocenters. The van der Waals surface area contributed by atoms with E-state index in [-0.39, 0.29) is 5.91 Å². The summed E-state index contributed by atoms with van der Waals surface area (Å²) in [5, 5.41) is 3.87. The fourth-order valence-electron chi connectivity index (χ4n) is 2.87. The van der Waals surface area contributed by atoms with Crippen molar-refractivity contribution in [3.63, 3.8) is 0 Å². The number of halogens is 1. The number of rotatable bonds is 4. The Labute approximate surface area is 126 Å². The molecule has 1 saturated heterocycles. The Bertz CT molecular complexity index is 487. The lowest BCUT2D eigenvalue weighted by Gasteiger charge is -2.30. The first-order valence-corrected chi connectivity index (χ1v) is 7.53. The van der Waals surface area contributed by atoms with E-state index in [1.807, 2.05) is 50.1 Å². The van der Waals surface area contributed by atoms with Gasteiger partial charge in [0.15, 0.2) is 0 Å². The molecule has 4 heteroatoms. The molecule has 0 saturated carbocycles. The van der Waals surface area contributed by atoms with Gasteiger partial charge in [0.2, 0.25) is 5.91 Å². The lowest BCUT2D eigenvalue weighted by atomic mass is 9.83. The first-order valence-electron chi connectivity index (χ1n) is 7.15. The number of hydrogen-bond donors (Lipinski definition) is 1. The summed E-state index contributed by atoms with van der Waals surface area (Å²) >= 11 is 6.05. The van der Waals surface area contributed by atoms with E-state index < -0.39 is 5.41 Å². The van der Waals surface area contributed by atoms with Crippen molar-refractivity contribution < 1.29 is 4.79 Å². The molecule has 1 amide bonds. The highest BCUT2D eigenvalue weighted by atomic mass is 35.5. The van der Waals surface area contributed by atoms with Crippen LogP contribution in [0.15, 0.2) is 24.3 Å². The molecule has 1 aliphatic rings. The van der Waals surface area contributed by atoms with Gasteiger partial charge >= 0.3 is 0 Å². The third-order valence-corrected chi connectivity index (χ3v) is 4.38. The molecular weight excluding hydrogens is 272 g/mol. The maximum absolute atomic E-state index is 12.8. The largest absolute Gasteiger partial charge is 0.342 e. The first-order chi connectivity index (χ1) is 9.45. The second-order valence-corrected chi connectivity index (χ2v) is 6.54. The van der Waals surface area contributed by atoms with Gasteiger partial charge in [-0.05, 0) is 57.5 Å². The SMILES string of the molecule is CNCC1CCN(C(=O)C(C)(C)c2cccc(Cl)c2)C1. The van der Waals surface area contributed by atoms with Crippen molar-refractivity contribution in [3.05, 3.63) is 34.9 Å². The molecule has 3 nitrogen and oxygen atoms in total. The fourth-order valence-corrected chi connectivity index (χ4v) is 3.06. The maximum Gasteiger partial charge on any atom is 0.232 e. The zero-order valence-corrected chi connectivity index (χ0v) is 13.2. The first kappa shape index (κ1) is 15.3. The van der Waals surface area contributed by atoms with Gasteiger partial charge in [0.25, 0.3) is 0 Å². The van der Waals surface area contributed by atoms with Gasteiger partial charge in [0, 0.05) is 18.1 Å². The number of nitrogens with one attached hydrogen (secondary N) is 1. The van der Waals surface area contributed by atoms with E-state index in [1.54, 1.807) is 0 Å². The summed E-state index contributed by atoms with van der Waals surface area (Å²) in [6.07, 6.45) is 1.08. The van der Waals surface area contributed by atoms with E-state index in [2.05, 4.69) is 5.32 Å². The summed E-state index contributed by atoms with van der Waals surface area (Å²) in [6, 6.07) is 7.61. The predicted molar refractivity (Wildman–Crippen MR) is 83.1 cm³/mol. The number of likely N-dealkylation sites (tertiary alicyclic amines) is 1. The number of carbonyl (C=O) groups is 1. The smallest absolute Gasteiger partial charge is 0.232 e. The molecule has 1 aromatic carbocycles. The van der Waals surface area contributed by atoms with E-state index in [0.717, 1.165) is 31.6 Å². The monoisotopic (exact) mass is 294 g/mol. The molecule has 1 heterocycles. The van der Waals surface area contributed by atoms with Crippen molar-refractivity contribution in [1.82, 2.24) is 10.2 Å². The van der Waals surface area contributed by atoms with Gasteiger partial charge in [-0.2, -0.15) is 0 Å². The van der Waals surface area contributed by atoms with Gasteiger partial charge in [0.1, 0.15) is 0 Å². The van der Waals surface area contributed by atoms with Crippen LogP contribution in [-0.4, -0.2) is 37.5 Å². The Morgan fingerprint density at radius 2 is 2.25 bits per heavy atom. The lowest BCUT2D eigenvalue weighted by molar-refractivity contribution is -0.135. The molecule has 0 bridgehead atoms. The standard InChI is InChI=1S/C16H23ClN2O/c1-16(2,13-5-4-6-14(17)9-13)15(20)19-8-7-12(11-19)10-18-3/h4-6,9,12,18H,7-8,10-11H2,1-3H3. The van der Waals surface area contributed by atoms with Crippen LogP contribution in [0.3, 0.4) is 0 Å². The van der Waals surface area contributed by atoms with Crippen LogP contribution in [0.5, 0.6) is 0 Å². The average Bonchev–Trinajstić information content (AvgIpc) is 2.87. The third kappa shape index (κ3) is 3.15. The van der Waals surface area contributed by atoms with Crippen molar-refractivity contribution in [2.75, 3.05) is 26.7 Å². The zero-order chi connectivity index (χ0) is 14.8. The molecular formula is C16H23ClN2O. The van der Waals surface area contributed by atoms with Crippen molar-refractivity contribution in [3.8, 4) is 0 Å². The van der Waals surface area contributed by atoms with Gasteiger partial charge in [-0.3, -0.25) is 4.79 Å². The maximum atomic E-state index is 12.8. The number of benzene rings is 1. The average molecular weight is 295 g/mol. The molecule has 1 fully saturated rings. The van der Waals surface area contributed by atoms with Gasteiger partial charge in [-0.25, -0.2) is 0 Å². The van der Waals surface area contributed by atoms with E-state index in [9.17, 15) is 4.79 Å². The summed E-state index contributed by atoms with van der Waals surface area (Å²) in [5.41, 5.74) is 0.450. The summed E-state index contributed by atoms with van der Waals surface area (Å²) in [5.74, 6) is 0.762. The van der Waals surface area contributed by atoms with Gasteiger partial charge in [0.05, 0.1) is 5.41 Å². The Kier molecular flexibility index (Phi) is 4.71. The normalized spacial score (nSPS) is 19.4. The van der Waals surface area contributed by atoms with Crippen LogP contribution < -0.4 is 5.32 Å². The van der Waals surface area contributed by atoms with Crippen LogP contribution >= 0.6 is 11.6 Å². The number of nitrogens with zero attached hydrogens (tertiary/aromatic N) is 1. The van der Waals surface area contributed by atoms with Crippen LogP contribution in [0.1, 0.15) is 25.8 Å². The van der Waals surface area contributed by atoms with Crippen LogP contribution in [0.25, 0.3) is 0 Å². The predicted octanol–water partition coefficient (Wildman–Crippen LogP) is 2.69. The van der Waals surface area contributed by atoms with E-state index in [1.165, 1.54) is 0 Å². The molecule has 110 valence electrons. The highest BCUT2D eigenvalue weighted by molar-refractivity contribution is 6.30. The molecule has 1 atom stereocenters. The van der Waals surface area contributed by atoms with E-state index in [4.69, 9.17) is 11.6 Å². The number of hydrogen-bond acceptors (Lipinski definition) is 2. The highest BCUT2D eigenvalue weighted by Crippen LogP contribution is 2.30. The summed E-state index contributed by atoms with van der Waals surface area (Å²) in [4.78, 5) is 14.8. The molecule has 1 aliphatic heterocycles. The summed E-state index contributed by atoms with van der Waals surface area (Å²) in [7, 11) is 1.96. The van der Waals surface area contributed by atoms with Crippen molar-refractivity contribution in [2.45, 2.75) is 25.7 Å². The Morgan fingerprint density at radius 3 is 2.90 bits per heavy atom. The van der Waals surface area contributed by atoms with Gasteiger partial charge in [-0.1, -0.05) is 23.7 Å². The number of amides is 1. The molecule has 1 aromatic rings. The number of carbonyl (C=O) groups excluding carboxylic acids is 1. The van der Waals surface area contributed by atoms with Crippen LogP contribution in [0, 0.1) is 5.92 Å². The van der Waals surface area contributed by atoms with Crippen LogP contribution in [-0.2, 0) is 10.2 Å². The van der Waals surface area contributed by atoms with Crippen molar-refractivity contribution >= 4 is 17.5 Å². The van der Waals surface area contributed by atoms with Crippen LogP contribution in [0.2, 0.25) is 5.02 Å². The Morgan fingerprint density at radius 1 is 1.50 bits per heavy atom. The van der Waals surface area contributed by atoms with Crippen LogP contribution in [0.4, 0.5) is 0 Å². The summed E-state index contributed by atoms with van der Waals surface area (Å²) in [6.45, 7) is 6.64. The van der Waals surface area contributed by atoms with Gasteiger partial charge in [-0.15, -0.1) is 0 Å². The second kappa shape index (κ2) is 6.15. The minimum Gasteiger partial charge on any atom is -0.342 e. The van der Waals surface area contributed by atoms with Crippen molar-refractivity contribution in [2.24, 2.45) is 5.92 Å². The molecule has 0 spiro atoms. The van der Waals surface area contributed by atoms with E-state index in [0.29, 0.717) is 10.9 Å². The molecule has 1 N–H and O–H groups in total. The minimum atomic E-state index is -0.528. The zero-order valence-electron chi connectivity index (χ0n) is 12.4. The highest BCUT2D eigenvalue weighted by Gasteiger charge is 2.36. The van der Waals surface area contributed by atoms with E-state index >= 15 is 0 Å².